The van der Waals surface area contributed by atoms with E-state index in [1.54, 1.807) is 13.8 Å². The van der Waals surface area contributed by atoms with Crippen LogP contribution in [-0.4, -0.2) is 31.1 Å². The number of anilines is 1. The van der Waals surface area contributed by atoms with Crippen molar-refractivity contribution < 1.29 is 14.3 Å². The van der Waals surface area contributed by atoms with Gasteiger partial charge in [0.05, 0.1) is 7.11 Å². The maximum Gasteiger partial charge on any atom is 0.330 e. The number of methoxy groups -OCH3 is 1. The van der Waals surface area contributed by atoms with Crippen molar-refractivity contribution in [3.05, 3.63) is 29.3 Å². The molecule has 0 fully saturated rings. The molecule has 5 heteroatoms. The summed E-state index contributed by atoms with van der Waals surface area (Å²) in [6.45, 7) is 7.81. The highest BCUT2D eigenvalue weighted by atomic mass is 16.5. The average Bonchev–Trinajstić information content (AvgIpc) is 2.35. The predicted octanol–water partition coefficient (Wildman–Crippen LogP) is 2.17. The van der Waals surface area contributed by atoms with E-state index in [1.165, 1.54) is 18.2 Å². The third kappa shape index (κ3) is 5.45. The first-order chi connectivity index (χ1) is 9.74. The van der Waals surface area contributed by atoms with Crippen molar-refractivity contribution in [2.24, 2.45) is 0 Å². The summed E-state index contributed by atoms with van der Waals surface area (Å²) in [4.78, 5) is 23.3. The van der Waals surface area contributed by atoms with E-state index in [2.05, 4.69) is 21.4 Å². The number of rotatable bonds is 6. The lowest BCUT2D eigenvalue weighted by Crippen LogP contribution is -2.50. The minimum Gasteiger partial charge on any atom is -0.467 e. The van der Waals surface area contributed by atoms with Crippen molar-refractivity contribution in [2.75, 3.05) is 19.0 Å². The first-order valence-electron chi connectivity index (χ1n) is 6.96. The molecule has 0 saturated heterocycles. The van der Waals surface area contributed by atoms with Gasteiger partial charge in [-0.1, -0.05) is 6.07 Å². The van der Waals surface area contributed by atoms with Gasteiger partial charge in [0, 0.05) is 18.7 Å². The first kappa shape index (κ1) is 17.0. The molecular weight excluding hydrogens is 268 g/mol. The quantitative estimate of drug-likeness (QED) is 0.789. The fourth-order valence-electron chi connectivity index (χ4n) is 2.11. The second-order valence-electron chi connectivity index (χ2n) is 5.72. The van der Waals surface area contributed by atoms with Crippen molar-refractivity contribution in [3.63, 3.8) is 0 Å². The van der Waals surface area contributed by atoms with Gasteiger partial charge >= 0.3 is 5.97 Å². The highest BCUT2D eigenvalue weighted by molar-refractivity contribution is 5.87. The van der Waals surface area contributed by atoms with Crippen LogP contribution in [0.25, 0.3) is 0 Å². The second-order valence-corrected chi connectivity index (χ2v) is 5.72. The van der Waals surface area contributed by atoms with Gasteiger partial charge in [0.2, 0.25) is 5.91 Å². The normalized spacial score (nSPS) is 10.9. The van der Waals surface area contributed by atoms with E-state index in [1.807, 2.05) is 26.0 Å². The smallest absolute Gasteiger partial charge is 0.330 e. The molecule has 0 saturated carbocycles. The minimum atomic E-state index is -1.01. The van der Waals surface area contributed by atoms with Crippen LogP contribution in [0.5, 0.6) is 0 Å². The van der Waals surface area contributed by atoms with Crippen LogP contribution in [0, 0.1) is 13.8 Å². The molecule has 0 aliphatic heterocycles. The number of carbonyl (C=O) groups is 2. The Morgan fingerprint density at radius 1 is 1.14 bits per heavy atom. The van der Waals surface area contributed by atoms with E-state index >= 15 is 0 Å². The molecule has 0 spiro atoms. The van der Waals surface area contributed by atoms with E-state index in [0.29, 0.717) is 6.54 Å². The zero-order valence-electron chi connectivity index (χ0n) is 13.4. The van der Waals surface area contributed by atoms with Gasteiger partial charge < -0.3 is 15.4 Å². The number of aryl methyl sites for hydroxylation is 2. The van der Waals surface area contributed by atoms with Crippen molar-refractivity contribution >= 4 is 17.6 Å². The zero-order chi connectivity index (χ0) is 16.0. The van der Waals surface area contributed by atoms with Gasteiger partial charge in [-0.05, 0) is 51.0 Å². The maximum atomic E-state index is 11.8. The molecule has 21 heavy (non-hydrogen) atoms. The van der Waals surface area contributed by atoms with Gasteiger partial charge in [0.1, 0.15) is 5.54 Å². The summed E-state index contributed by atoms with van der Waals surface area (Å²) in [5.74, 6) is -0.652. The second kappa shape index (κ2) is 7.11. The molecule has 0 heterocycles. The number of esters is 1. The van der Waals surface area contributed by atoms with Gasteiger partial charge in [-0.2, -0.15) is 0 Å². The number of ether oxygens (including phenoxy) is 1. The van der Waals surface area contributed by atoms with Crippen LogP contribution < -0.4 is 10.6 Å². The number of benzene rings is 1. The highest BCUT2D eigenvalue weighted by Crippen LogP contribution is 2.13. The molecule has 5 nitrogen and oxygen atoms in total. The summed E-state index contributed by atoms with van der Waals surface area (Å²) in [5, 5.41) is 5.87. The molecule has 116 valence electrons. The lowest BCUT2D eigenvalue weighted by Gasteiger charge is -2.23. The third-order valence-electron chi connectivity index (χ3n) is 3.05. The summed E-state index contributed by atoms with van der Waals surface area (Å²) >= 11 is 0. The van der Waals surface area contributed by atoms with E-state index in [9.17, 15) is 9.59 Å². The maximum absolute atomic E-state index is 11.8. The van der Waals surface area contributed by atoms with Crippen LogP contribution in [0.2, 0.25) is 0 Å². The number of nitrogens with one attached hydrogen (secondary N) is 2. The number of hydrogen-bond donors (Lipinski definition) is 2. The fraction of sp³-hybridized carbons (Fsp3) is 0.500. The Kier molecular flexibility index (Phi) is 5.76. The predicted molar refractivity (Wildman–Crippen MR) is 83.3 cm³/mol. The van der Waals surface area contributed by atoms with Crippen LogP contribution in [0.3, 0.4) is 0 Å². The SMILES string of the molecule is COC(=O)C(C)(C)NC(=O)CCNc1cc(C)cc(C)c1. The van der Waals surface area contributed by atoms with Crippen LogP contribution in [-0.2, 0) is 14.3 Å². The summed E-state index contributed by atoms with van der Waals surface area (Å²) in [6.07, 6.45) is 0.285. The molecule has 1 rings (SSSR count). The molecule has 0 unspecified atom stereocenters. The Balaban J connectivity index is 2.45. The first-order valence-corrected chi connectivity index (χ1v) is 6.96. The van der Waals surface area contributed by atoms with Gasteiger partial charge in [-0.15, -0.1) is 0 Å². The Labute approximate surface area is 126 Å². The Hall–Kier alpha value is -2.04. The molecule has 0 atom stereocenters. The molecule has 0 aliphatic rings. The van der Waals surface area contributed by atoms with Gasteiger partial charge in [0.25, 0.3) is 0 Å². The Bertz CT molecular complexity index is 504. The molecule has 2 N–H and O–H groups in total. The number of hydrogen-bond acceptors (Lipinski definition) is 4. The molecule has 0 aliphatic carbocycles. The van der Waals surface area contributed by atoms with E-state index in [-0.39, 0.29) is 12.3 Å². The lowest BCUT2D eigenvalue weighted by molar-refractivity contribution is -0.149. The molecule has 1 aromatic carbocycles. The Morgan fingerprint density at radius 2 is 1.71 bits per heavy atom. The fourth-order valence-corrected chi connectivity index (χ4v) is 2.11. The van der Waals surface area contributed by atoms with Crippen molar-refractivity contribution in [2.45, 2.75) is 39.7 Å². The molecule has 0 bridgehead atoms. The summed E-state index contributed by atoms with van der Waals surface area (Å²) in [7, 11) is 1.30. The minimum absolute atomic E-state index is 0.192. The van der Waals surface area contributed by atoms with Crippen LogP contribution in [0.1, 0.15) is 31.4 Å². The topological polar surface area (TPSA) is 67.4 Å². The zero-order valence-corrected chi connectivity index (χ0v) is 13.4. The van der Waals surface area contributed by atoms with Gasteiger partial charge in [0.15, 0.2) is 0 Å². The lowest BCUT2D eigenvalue weighted by atomic mass is 10.1. The summed E-state index contributed by atoms with van der Waals surface area (Å²) in [5.41, 5.74) is 2.33. The van der Waals surface area contributed by atoms with Crippen LogP contribution in [0.4, 0.5) is 5.69 Å². The third-order valence-corrected chi connectivity index (χ3v) is 3.05. The van der Waals surface area contributed by atoms with Crippen LogP contribution >= 0.6 is 0 Å². The largest absolute Gasteiger partial charge is 0.467 e. The molecular formula is C16H24N2O3. The van der Waals surface area contributed by atoms with Gasteiger partial charge in [-0.25, -0.2) is 4.79 Å². The number of carbonyl (C=O) groups excluding carboxylic acids is 2. The number of amides is 1. The highest BCUT2D eigenvalue weighted by Gasteiger charge is 2.30. The van der Waals surface area contributed by atoms with Crippen molar-refractivity contribution in [1.29, 1.82) is 0 Å². The molecule has 1 amide bonds. The summed E-state index contributed by atoms with van der Waals surface area (Å²) < 4.78 is 4.65. The van der Waals surface area contributed by atoms with Crippen molar-refractivity contribution in [1.82, 2.24) is 5.32 Å². The van der Waals surface area contributed by atoms with Crippen LogP contribution in [0.15, 0.2) is 18.2 Å². The van der Waals surface area contributed by atoms with E-state index in [0.717, 1.165) is 5.69 Å². The molecule has 0 radical (unpaired) electrons. The van der Waals surface area contributed by atoms with Gasteiger partial charge in [-0.3, -0.25) is 4.79 Å². The standard InChI is InChI=1S/C16H24N2O3/c1-11-8-12(2)10-13(9-11)17-7-6-14(19)18-16(3,4)15(20)21-5/h8-10,17H,6-7H2,1-5H3,(H,18,19). The summed E-state index contributed by atoms with van der Waals surface area (Å²) in [6, 6.07) is 6.16. The monoisotopic (exact) mass is 292 g/mol. The average molecular weight is 292 g/mol. The molecule has 1 aromatic rings. The Morgan fingerprint density at radius 3 is 2.24 bits per heavy atom. The van der Waals surface area contributed by atoms with E-state index in [4.69, 9.17) is 0 Å². The molecule has 0 aromatic heterocycles. The van der Waals surface area contributed by atoms with Crippen molar-refractivity contribution in [3.8, 4) is 0 Å². The van der Waals surface area contributed by atoms with E-state index < -0.39 is 11.5 Å².